The van der Waals surface area contributed by atoms with Crippen LogP contribution in [0.3, 0.4) is 0 Å². The minimum absolute atomic E-state index is 0.102. The Morgan fingerprint density at radius 3 is 2.75 bits per heavy atom. The summed E-state index contributed by atoms with van der Waals surface area (Å²) in [5.41, 5.74) is 1.57. The number of aliphatic hydroxyl groups is 1. The smallest absolute Gasteiger partial charge is 0.336 e. The number of rotatable bonds is 3. The predicted octanol–water partition coefficient (Wildman–Crippen LogP) is 4.94. The lowest BCUT2D eigenvalue weighted by Gasteiger charge is -2.58. The summed E-state index contributed by atoms with van der Waals surface area (Å²) in [7, 11) is 0. The second kappa shape index (κ2) is 6.77. The van der Waals surface area contributed by atoms with Crippen LogP contribution >= 0.6 is 0 Å². The van der Waals surface area contributed by atoms with Crippen molar-refractivity contribution in [1.29, 1.82) is 0 Å². The van der Waals surface area contributed by atoms with Gasteiger partial charge in [-0.3, -0.25) is 0 Å². The highest BCUT2D eigenvalue weighted by Gasteiger charge is 2.55. The Morgan fingerprint density at radius 1 is 1.21 bits per heavy atom. The van der Waals surface area contributed by atoms with Crippen LogP contribution in [0.15, 0.2) is 51.2 Å². The Bertz CT molecular complexity index is 970. The zero-order chi connectivity index (χ0) is 20.1. The molecule has 1 fully saturated rings. The van der Waals surface area contributed by atoms with Crippen molar-refractivity contribution in [3.05, 3.63) is 52.4 Å². The Labute approximate surface area is 166 Å². The van der Waals surface area contributed by atoms with Crippen LogP contribution < -0.4 is 10.4 Å². The molecule has 0 aliphatic heterocycles. The number of ether oxygens (including phenoxy) is 1. The normalized spacial score (nSPS) is 31.9. The summed E-state index contributed by atoms with van der Waals surface area (Å²) in [5.74, 6) is 1.45. The molecule has 4 atom stereocenters. The lowest BCUT2D eigenvalue weighted by molar-refractivity contribution is -0.119. The number of benzene rings is 1. The van der Waals surface area contributed by atoms with Crippen molar-refractivity contribution in [3.63, 3.8) is 0 Å². The number of aliphatic hydroxyl groups excluding tert-OH is 1. The van der Waals surface area contributed by atoms with Gasteiger partial charge in [-0.05, 0) is 61.1 Å². The summed E-state index contributed by atoms with van der Waals surface area (Å²) >= 11 is 0. The number of hydrogen-bond acceptors (Lipinski definition) is 4. The van der Waals surface area contributed by atoms with Gasteiger partial charge in [-0.15, -0.1) is 0 Å². The first kappa shape index (κ1) is 19.3. The SMILES string of the molecule is CC1=CC[C@H]2C(C)(C)[C@@H](O)CC[C@]2(C)[C@@H]1COc1ccc2ccc(=O)oc2c1. The molecule has 2 aliphatic rings. The molecule has 0 amide bonds. The van der Waals surface area contributed by atoms with E-state index in [1.54, 1.807) is 12.1 Å². The third-order valence-corrected chi connectivity index (χ3v) is 7.54. The van der Waals surface area contributed by atoms with Crippen molar-refractivity contribution in [3.8, 4) is 5.75 Å². The van der Waals surface area contributed by atoms with Gasteiger partial charge in [0.1, 0.15) is 11.3 Å². The number of allylic oxidation sites excluding steroid dienone is 1. The second-order valence-electron chi connectivity index (χ2n) is 9.44. The predicted molar refractivity (Wildman–Crippen MR) is 110 cm³/mol. The van der Waals surface area contributed by atoms with Crippen LogP contribution in [-0.2, 0) is 0 Å². The van der Waals surface area contributed by atoms with E-state index in [0.717, 1.165) is 30.4 Å². The van der Waals surface area contributed by atoms with Gasteiger partial charge >= 0.3 is 5.63 Å². The minimum Gasteiger partial charge on any atom is -0.493 e. The van der Waals surface area contributed by atoms with Crippen molar-refractivity contribution in [2.45, 2.75) is 53.1 Å². The van der Waals surface area contributed by atoms with Crippen molar-refractivity contribution in [2.75, 3.05) is 6.61 Å². The molecule has 4 rings (SSSR count). The maximum atomic E-state index is 11.5. The molecule has 4 heteroatoms. The van der Waals surface area contributed by atoms with Gasteiger partial charge in [0.2, 0.25) is 0 Å². The molecule has 0 unspecified atom stereocenters. The fraction of sp³-hybridized carbons (Fsp3) is 0.542. The monoisotopic (exact) mass is 382 g/mol. The highest BCUT2D eigenvalue weighted by Crippen LogP contribution is 2.59. The minimum atomic E-state index is -0.353. The topological polar surface area (TPSA) is 59.7 Å². The highest BCUT2D eigenvalue weighted by molar-refractivity contribution is 5.77. The van der Waals surface area contributed by atoms with E-state index >= 15 is 0 Å². The second-order valence-corrected chi connectivity index (χ2v) is 9.44. The van der Waals surface area contributed by atoms with Crippen molar-refractivity contribution >= 4 is 11.0 Å². The molecule has 1 saturated carbocycles. The maximum absolute atomic E-state index is 11.5. The zero-order valence-corrected chi connectivity index (χ0v) is 17.2. The van der Waals surface area contributed by atoms with E-state index < -0.39 is 0 Å². The van der Waals surface area contributed by atoms with Gasteiger partial charge in [0.15, 0.2) is 0 Å². The number of fused-ring (bicyclic) bond motifs is 2. The van der Waals surface area contributed by atoms with Gasteiger partial charge in [-0.2, -0.15) is 0 Å². The van der Waals surface area contributed by atoms with E-state index in [2.05, 4.69) is 33.8 Å². The average molecular weight is 383 g/mol. The molecule has 2 aromatic rings. The third kappa shape index (κ3) is 3.08. The summed E-state index contributed by atoms with van der Waals surface area (Å²) < 4.78 is 11.5. The summed E-state index contributed by atoms with van der Waals surface area (Å²) in [6, 6.07) is 8.84. The Morgan fingerprint density at radius 2 is 1.96 bits per heavy atom. The molecular weight excluding hydrogens is 352 g/mol. The summed E-state index contributed by atoms with van der Waals surface area (Å²) in [4.78, 5) is 11.5. The van der Waals surface area contributed by atoms with Crippen LogP contribution in [0.25, 0.3) is 11.0 Å². The standard InChI is InChI=1S/C24H30O4/c1-15-5-9-20-23(2,3)21(25)11-12-24(20,4)18(15)14-27-17-8-6-16-7-10-22(26)28-19(16)13-17/h5-8,10,13,18,20-21,25H,9,11-12,14H2,1-4H3/t18-,20+,21+,24-/m1/s1. The Kier molecular flexibility index (Phi) is 4.65. The van der Waals surface area contributed by atoms with Gasteiger partial charge in [0.05, 0.1) is 12.7 Å². The van der Waals surface area contributed by atoms with Crippen LogP contribution in [-0.4, -0.2) is 17.8 Å². The molecule has 0 radical (unpaired) electrons. The first-order chi connectivity index (χ1) is 13.2. The van der Waals surface area contributed by atoms with Crippen molar-refractivity contribution in [2.24, 2.45) is 22.7 Å². The molecule has 2 aliphatic carbocycles. The van der Waals surface area contributed by atoms with E-state index in [1.807, 2.05) is 12.1 Å². The first-order valence-electron chi connectivity index (χ1n) is 10.2. The maximum Gasteiger partial charge on any atom is 0.336 e. The summed E-state index contributed by atoms with van der Waals surface area (Å²) in [6.07, 6.45) is 4.95. The molecule has 1 aromatic heterocycles. The zero-order valence-electron chi connectivity index (χ0n) is 17.2. The van der Waals surface area contributed by atoms with E-state index in [1.165, 1.54) is 11.6 Å². The van der Waals surface area contributed by atoms with Crippen molar-refractivity contribution in [1.82, 2.24) is 0 Å². The first-order valence-corrected chi connectivity index (χ1v) is 10.2. The van der Waals surface area contributed by atoms with E-state index in [4.69, 9.17) is 9.15 Å². The van der Waals surface area contributed by atoms with E-state index in [9.17, 15) is 9.90 Å². The van der Waals surface area contributed by atoms with E-state index in [0.29, 0.717) is 24.0 Å². The molecule has 1 N–H and O–H groups in total. The van der Waals surface area contributed by atoms with Crippen molar-refractivity contribution < 1.29 is 14.3 Å². The molecule has 28 heavy (non-hydrogen) atoms. The van der Waals surface area contributed by atoms with Crippen LogP contribution in [0.4, 0.5) is 0 Å². The molecular formula is C24H30O4. The van der Waals surface area contributed by atoms with E-state index in [-0.39, 0.29) is 22.6 Å². The average Bonchev–Trinajstić information content (AvgIpc) is 2.64. The quantitative estimate of drug-likeness (QED) is 0.603. The van der Waals surface area contributed by atoms with Crippen LogP contribution in [0.1, 0.15) is 47.0 Å². The van der Waals surface area contributed by atoms with Gasteiger partial charge in [0, 0.05) is 23.4 Å². The molecule has 0 bridgehead atoms. The van der Waals surface area contributed by atoms with Gasteiger partial charge in [-0.1, -0.05) is 32.4 Å². The lowest BCUT2D eigenvalue weighted by atomic mass is 9.48. The molecule has 150 valence electrons. The fourth-order valence-corrected chi connectivity index (χ4v) is 5.66. The van der Waals surface area contributed by atoms with Crippen LogP contribution in [0.5, 0.6) is 5.75 Å². The Balaban J connectivity index is 1.59. The van der Waals surface area contributed by atoms with Gasteiger partial charge in [-0.25, -0.2) is 4.79 Å². The summed E-state index contributed by atoms with van der Waals surface area (Å²) in [6.45, 7) is 9.57. The third-order valence-electron chi connectivity index (χ3n) is 7.54. The summed E-state index contributed by atoms with van der Waals surface area (Å²) in [5, 5.41) is 11.5. The lowest BCUT2D eigenvalue weighted by Crippen LogP contribution is -2.55. The molecule has 0 saturated heterocycles. The molecule has 1 aromatic carbocycles. The molecule has 1 heterocycles. The van der Waals surface area contributed by atoms with Gasteiger partial charge in [0.25, 0.3) is 0 Å². The highest BCUT2D eigenvalue weighted by atomic mass is 16.5. The fourth-order valence-electron chi connectivity index (χ4n) is 5.66. The van der Waals surface area contributed by atoms with Crippen LogP contribution in [0, 0.1) is 22.7 Å². The van der Waals surface area contributed by atoms with Gasteiger partial charge < -0.3 is 14.3 Å². The number of hydrogen-bond donors (Lipinski definition) is 1. The molecule has 0 spiro atoms. The Hall–Kier alpha value is -2.07. The molecule has 4 nitrogen and oxygen atoms in total. The van der Waals surface area contributed by atoms with Crippen LogP contribution in [0.2, 0.25) is 0 Å². The largest absolute Gasteiger partial charge is 0.493 e.